The van der Waals surface area contributed by atoms with Gasteiger partial charge in [0.25, 0.3) is 5.91 Å². The quantitative estimate of drug-likeness (QED) is 0.836. The Hall–Kier alpha value is -2.54. The summed E-state index contributed by atoms with van der Waals surface area (Å²) in [4.78, 5) is 17.3. The molecule has 4 rings (SSSR count). The highest BCUT2D eigenvalue weighted by atomic mass is 16.6. The topological polar surface area (TPSA) is 59.8 Å². The predicted molar refractivity (Wildman–Crippen MR) is 96.6 cm³/mol. The average molecular weight is 356 g/mol. The van der Waals surface area contributed by atoms with E-state index in [1.54, 1.807) is 0 Å². The molecule has 0 N–H and O–H groups in total. The molecule has 0 radical (unpaired) electrons. The number of nitrogens with zero attached hydrogens (tertiary/aromatic N) is 4. The molecule has 1 aromatic carbocycles. The van der Waals surface area contributed by atoms with Gasteiger partial charge in [-0.25, -0.2) is 0 Å². The summed E-state index contributed by atoms with van der Waals surface area (Å²) in [5, 5.41) is 4.47. The smallest absolute Gasteiger partial charge is 0.258 e. The van der Waals surface area contributed by atoms with E-state index in [1.165, 1.54) is 0 Å². The van der Waals surface area contributed by atoms with Crippen molar-refractivity contribution in [2.75, 3.05) is 40.4 Å². The maximum Gasteiger partial charge on any atom is 0.258 e. The lowest BCUT2D eigenvalue weighted by atomic mass is 10.1. The first kappa shape index (κ1) is 16.9. The van der Waals surface area contributed by atoms with Crippen molar-refractivity contribution in [3.63, 3.8) is 0 Å². The summed E-state index contributed by atoms with van der Waals surface area (Å²) in [6.45, 7) is 3.13. The summed E-state index contributed by atoms with van der Waals surface area (Å²) in [6, 6.07) is 7.67. The molecule has 1 atom stereocenters. The van der Waals surface area contributed by atoms with Crippen molar-refractivity contribution in [1.29, 1.82) is 0 Å². The van der Waals surface area contributed by atoms with Gasteiger partial charge in [0.2, 0.25) is 0 Å². The monoisotopic (exact) mass is 356 g/mol. The molecule has 2 aliphatic rings. The predicted octanol–water partition coefficient (Wildman–Crippen LogP) is 1.80. The number of benzene rings is 1. The molecule has 26 heavy (non-hydrogen) atoms. The summed E-state index contributed by atoms with van der Waals surface area (Å²) < 4.78 is 13.4. The number of amides is 1. The first-order valence-electron chi connectivity index (χ1n) is 8.98. The van der Waals surface area contributed by atoms with E-state index in [2.05, 4.69) is 28.8 Å². The maximum absolute atomic E-state index is 13.2. The molecule has 2 aliphatic heterocycles. The number of hydrogen-bond donors (Lipinski definition) is 0. The third-order valence-corrected chi connectivity index (χ3v) is 4.88. The van der Waals surface area contributed by atoms with Crippen molar-refractivity contribution in [2.24, 2.45) is 0 Å². The van der Waals surface area contributed by atoms with Crippen LogP contribution in [0, 0.1) is 0 Å². The van der Waals surface area contributed by atoms with E-state index in [1.807, 2.05) is 35.4 Å². The summed E-state index contributed by atoms with van der Waals surface area (Å²) in [5.41, 5.74) is 1.64. The Morgan fingerprint density at radius 3 is 2.96 bits per heavy atom. The number of fused-ring (bicyclic) bond motifs is 2. The van der Waals surface area contributed by atoms with Gasteiger partial charge in [-0.2, -0.15) is 5.10 Å². The van der Waals surface area contributed by atoms with Crippen molar-refractivity contribution in [3.05, 3.63) is 41.7 Å². The van der Waals surface area contributed by atoms with E-state index in [-0.39, 0.29) is 11.9 Å². The van der Waals surface area contributed by atoms with Gasteiger partial charge in [0, 0.05) is 12.7 Å². The van der Waals surface area contributed by atoms with Crippen LogP contribution in [-0.2, 0) is 6.54 Å². The molecule has 1 amide bonds. The Labute approximate surface area is 153 Å². The highest BCUT2D eigenvalue weighted by Crippen LogP contribution is 2.35. The fraction of sp³-hybridized carbons (Fsp3) is 0.474. The average Bonchev–Trinajstić information content (AvgIpc) is 3.13. The largest absolute Gasteiger partial charge is 0.486 e. The lowest BCUT2D eigenvalue weighted by Crippen LogP contribution is -2.42. The molecule has 0 saturated heterocycles. The molecule has 2 aromatic rings. The van der Waals surface area contributed by atoms with Crippen LogP contribution in [0.15, 0.2) is 30.5 Å². The van der Waals surface area contributed by atoms with Crippen LogP contribution in [0.1, 0.15) is 28.5 Å². The molecule has 0 bridgehead atoms. The molecule has 1 unspecified atom stereocenters. The summed E-state index contributed by atoms with van der Waals surface area (Å²) in [5.74, 6) is 1.19. The lowest BCUT2D eigenvalue weighted by molar-refractivity contribution is 0.0650. The van der Waals surface area contributed by atoms with Gasteiger partial charge >= 0.3 is 0 Å². The maximum atomic E-state index is 13.2. The standard InChI is InChI=1S/C19H24N4O3/c1-21(2)9-7-15-13-22(12-14-6-8-20-23(14)15)19(24)16-4-3-5-17-18(16)26-11-10-25-17/h3-6,8,15H,7,9-13H2,1-2H3. The van der Waals surface area contributed by atoms with Crippen molar-refractivity contribution in [3.8, 4) is 11.5 Å². The second-order valence-electron chi connectivity index (χ2n) is 7.03. The van der Waals surface area contributed by atoms with E-state index in [9.17, 15) is 4.79 Å². The van der Waals surface area contributed by atoms with Gasteiger partial charge in [-0.3, -0.25) is 9.48 Å². The minimum absolute atomic E-state index is 0.0188. The zero-order chi connectivity index (χ0) is 18.1. The van der Waals surface area contributed by atoms with Crippen molar-refractivity contribution in [2.45, 2.75) is 19.0 Å². The molecule has 1 aromatic heterocycles. The van der Waals surface area contributed by atoms with Crippen LogP contribution in [0.2, 0.25) is 0 Å². The van der Waals surface area contributed by atoms with Gasteiger partial charge in [0.1, 0.15) is 13.2 Å². The van der Waals surface area contributed by atoms with Gasteiger partial charge in [0.15, 0.2) is 11.5 Å². The van der Waals surface area contributed by atoms with E-state index in [0.29, 0.717) is 43.4 Å². The van der Waals surface area contributed by atoms with Crippen LogP contribution in [0.4, 0.5) is 0 Å². The third kappa shape index (κ3) is 3.14. The van der Waals surface area contributed by atoms with Gasteiger partial charge in [-0.15, -0.1) is 0 Å². The Kier molecular flexibility index (Phi) is 4.55. The molecular weight excluding hydrogens is 332 g/mol. The normalized spacial score (nSPS) is 18.7. The van der Waals surface area contributed by atoms with Crippen molar-refractivity contribution < 1.29 is 14.3 Å². The van der Waals surface area contributed by atoms with Crippen molar-refractivity contribution >= 4 is 5.91 Å². The number of para-hydroxylation sites is 1. The Balaban J connectivity index is 1.59. The molecule has 7 heteroatoms. The lowest BCUT2D eigenvalue weighted by Gasteiger charge is -2.35. The van der Waals surface area contributed by atoms with E-state index in [4.69, 9.17) is 9.47 Å². The molecule has 3 heterocycles. The first-order chi connectivity index (χ1) is 12.6. The zero-order valence-corrected chi connectivity index (χ0v) is 15.2. The highest BCUT2D eigenvalue weighted by molar-refractivity contribution is 5.98. The van der Waals surface area contributed by atoms with Crippen LogP contribution >= 0.6 is 0 Å². The van der Waals surface area contributed by atoms with Gasteiger partial charge in [-0.1, -0.05) is 6.07 Å². The number of hydrogen-bond acceptors (Lipinski definition) is 5. The Morgan fingerprint density at radius 2 is 2.12 bits per heavy atom. The summed E-state index contributed by atoms with van der Waals surface area (Å²) in [7, 11) is 4.12. The Morgan fingerprint density at radius 1 is 1.27 bits per heavy atom. The molecule has 7 nitrogen and oxygen atoms in total. The first-order valence-corrected chi connectivity index (χ1v) is 8.98. The van der Waals surface area contributed by atoms with E-state index in [0.717, 1.165) is 18.7 Å². The summed E-state index contributed by atoms with van der Waals surface area (Å²) in [6.07, 6.45) is 2.76. The summed E-state index contributed by atoms with van der Waals surface area (Å²) >= 11 is 0. The minimum Gasteiger partial charge on any atom is -0.486 e. The molecule has 138 valence electrons. The van der Waals surface area contributed by atoms with Crippen molar-refractivity contribution in [1.82, 2.24) is 19.6 Å². The Bertz CT molecular complexity index is 802. The second kappa shape index (κ2) is 6.99. The SMILES string of the molecule is CN(C)CCC1CN(C(=O)c2cccc3c2OCCO3)Cc2ccnn21. The van der Waals surface area contributed by atoms with Crippen LogP contribution in [0.5, 0.6) is 11.5 Å². The van der Waals surface area contributed by atoms with Crippen LogP contribution < -0.4 is 9.47 Å². The number of ether oxygens (including phenoxy) is 2. The molecule has 0 fully saturated rings. The molecule has 0 aliphatic carbocycles. The number of carbonyl (C=O) groups excluding carboxylic acids is 1. The molecule has 0 spiro atoms. The number of aromatic nitrogens is 2. The fourth-order valence-electron chi connectivity index (χ4n) is 3.58. The number of carbonyl (C=O) groups is 1. The minimum atomic E-state index is -0.0188. The van der Waals surface area contributed by atoms with E-state index >= 15 is 0 Å². The third-order valence-electron chi connectivity index (χ3n) is 4.88. The second-order valence-corrected chi connectivity index (χ2v) is 7.03. The highest BCUT2D eigenvalue weighted by Gasteiger charge is 2.31. The van der Waals surface area contributed by atoms with Gasteiger partial charge < -0.3 is 19.3 Å². The van der Waals surface area contributed by atoms with E-state index < -0.39 is 0 Å². The van der Waals surface area contributed by atoms with Gasteiger partial charge in [0.05, 0.1) is 23.8 Å². The van der Waals surface area contributed by atoms with Crippen LogP contribution in [0.3, 0.4) is 0 Å². The number of rotatable bonds is 4. The van der Waals surface area contributed by atoms with Gasteiger partial charge in [-0.05, 0) is 45.3 Å². The zero-order valence-electron chi connectivity index (χ0n) is 15.2. The van der Waals surface area contributed by atoms with Crippen LogP contribution in [0.25, 0.3) is 0 Å². The molecule has 0 saturated carbocycles. The fourth-order valence-corrected chi connectivity index (χ4v) is 3.58. The molecular formula is C19H24N4O3. The van der Waals surface area contributed by atoms with Crippen LogP contribution in [-0.4, -0.2) is 65.9 Å².